The van der Waals surface area contributed by atoms with Crippen LogP contribution < -0.4 is 15.4 Å². The second-order valence-electron chi connectivity index (χ2n) is 3.71. The lowest BCUT2D eigenvalue weighted by Crippen LogP contribution is -2.24. The average Bonchev–Trinajstić information content (AvgIpc) is 2.39. The van der Waals surface area contributed by atoms with Gasteiger partial charge < -0.3 is 14.8 Å². The van der Waals surface area contributed by atoms with E-state index in [2.05, 4.69) is 17.6 Å². The number of anilines is 1. The molecular formula is C13H20N2O3. The molecule has 0 aliphatic rings. The maximum absolute atomic E-state index is 11.5. The van der Waals surface area contributed by atoms with E-state index in [0.717, 1.165) is 13.0 Å². The Morgan fingerprint density at radius 3 is 2.78 bits per heavy atom. The number of hydrogen-bond acceptors (Lipinski definition) is 4. The summed E-state index contributed by atoms with van der Waals surface area (Å²) in [6.45, 7) is 4.02. The SMILES string of the molecule is CCCNCCOC(=O)Nc1ccccc1OC. The van der Waals surface area contributed by atoms with Gasteiger partial charge in [0.15, 0.2) is 0 Å². The lowest BCUT2D eigenvalue weighted by atomic mass is 10.3. The Labute approximate surface area is 107 Å². The Hall–Kier alpha value is -1.75. The molecule has 18 heavy (non-hydrogen) atoms. The summed E-state index contributed by atoms with van der Waals surface area (Å²) >= 11 is 0. The molecular weight excluding hydrogens is 232 g/mol. The number of carbonyl (C=O) groups excluding carboxylic acids is 1. The molecule has 0 aromatic heterocycles. The third kappa shape index (κ3) is 5.05. The van der Waals surface area contributed by atoms with Gasteiger partial charge in [-0.2, -0.15) is 0 Å². The molecule has 0 saturated carbocycles. The van der Waals surface area contributed by atoms with Crippen molar-refractivity contribution in [3.05, 3.63) is 24.3 Å². The van der Waals surface area contributed by atoms with Crippen molar-refractivity contribution in [2.75, 3.05) is 32.1 Å². The van der Waals surface area contributed by atoms with E-state index in [1.165, 1.54) is 0 Å². The summed E-state index contributed by atoms with van der Waals surface area (Å²) in [5.41, 5.74) is 0.603. The van der Waals surface area contributed by atoms with Crippen molar-refractivity contribution in [3.63, 3.8) is 0 Å². The van der Waals surface area contributed by atoms with E-state index in [0.29, 0.717) is 24.6 Å². The topological polar surface area (TPSA) is 59.6 Å². The molecule has 5 nitrogen and oxygen atoms in total. The van der Waals surface area contributed by atoms with Gasteiger partial charge in [0.25, 0.3) is 0 Å². The number of amides is 1. The second kappa shape index (κ2) is 8.36. The predicted molar refractivity (Wildman–Crippen MR) is 71.1 cm³/mol. The van der Waals surface area contributed by atoms with Crippen LogP contribution in [0.2, 0.25) is 0 Å². The summed E-state index contributed by atoms with van der Waals surface area (Å²) in [7, 11) is 1.56. The van der Waals surface area contributed by atoms with E-state index in [-0.39, 0.29) is 0 Å². The van der Waals surface area contributed by atoms with Crippen LogP contribution in [-0.2, 0) is 4.74 Å². The highest BCUT2D eigenvalue weighted by Crippen LogP contribution is 2.22. The summed E-state index contributed by atoms with van der Waals surface area (Å²) in [6, 6.07) is 7.19. The Morgan fingerprint density at radius 2 is 2.06 bits per heavy atom. The van der Waals surface area contributed by atoms with Gasteiger partial charge >= 0.3 is 6.09 Å². The van der Waals surface area contributed by atoms with Crippen molar-refractivity contribution < 1.29 is 14.3 Å². The molecule has 1 rings (SSSR count). The first kappa shape index (κ1) is 14.3. The third-order valence-corrected chi connectivity index (χ3v) is 2.28. The molecule has 0 fully saturated rings. The number of para-hydroxylation sites is 2. The molecule has 1 aromatic rings. The maximum Gasteiger partial charge on any atom is 0.411 e. The van der Waals surface area contributed by atoms with E-state index in [1.54, 1.807) is 19.2 Å². The van der Waals surface area contributed by atoms with E-state index in [1.807, 2.05) is 12.1 Å². The molecule has 5 heteroatoms. The van der Waals surface area contributed by atoms with Gasteiger partial charge in [0.2, 0.25) is 0 Å². The lowest BCUT2D eigenvalue weighted by molar-refractivity contribution is 0.162. The fourth-order valence-electron chi connectivity index (χ4n) is 1.41. The molecule has 0 saturated heterocycles. The molecule has 0 unspecified atom stereocenters. The van der Waals surface area contributed by atoms with Crippen molar-refractivity contribution in [1.82, 2.24) is 5.32 Å². The van der Waals surface area contributed by atoms with Gasteiger partial charge in [-0.1, -0.05) is 19.1 Å². The standard InChI is InChI=1S/C13H20N2O3/c1-3-8-14-9-10-18-13(16)15-11-6-4-5-7-12(11)17-2/h4-7,14H,3,8-10H2,1-2H3,(H,15,16). The van der Waals surface area contributed by atoms with Crippen LogP contribution in [0.25, 0.3) is 0 Å². The second-order valence-corrected chi connectivity index (χ2v) is 3.71. The Morgan fingerprint density at radius 1 is 1.28 bits per heavy atom. The fraction of sp³-hybridized carbons (Fsp3) is 0.462. The van der Waals surface area contributed by atoms with E-state index in [4.69, 9.17) is 9.47 Å². The molecule has 0 radical (unpaired) electrons. The molecule has 0 bridgehead atoms. The molecule has 0 atom stereocenters. The van der Waals surface area contributed by atoms with Gasteiger partial charge in [0, 0.05) is 6.54 Å². The lowest BCUT2D eigenvalue weighted by Gasteiger charge is -2.10. The molecule has 0 aliphatic carbocycles. The number of nitrogens with one attached hydrogen (secondary N) is 2. The van der Waals surface area contributed by atoms with Crippen LogP contribution in [0.1, 0.15) is 13.3 Å². The van der Waals surface area contributed by atoms with E-state index in [9.17, 15) is 4.79 Å². The largest absolute Gasteiger partial charge is 0.495 e. The van der Waals surface area contributed by atoms with Gasteiger partial charge in [-0.15, -0.1) is 0 Å². The van der Waals surface area contributed by atoms with Crippen molar-refractivity contribution >= 4 is 11.8 Å². The summed E-state index contributed by atoms with van der Waals surface area (Å²) in [4.78, 5) is 11.5. The van der Waals surface area contributed by atoms with Gasteiger partial charge in [-0.3, -0.25) is 5.32 Å². The van der Waals surface area contributed by atoms with Crippen molar-refractivity contribution in [3.8, 4) is 5.75 Å². The van der Waals surface area contributed by atoms with Gasteiger partial charge in [-0.25, -0.2) is 4.79 Å². The summed E-state index contributed by atoms with van der Waals surface area (Å²) in [6.07, 6.45) is 0.589. The zero-order valence-electron chi connectivity index (χ0n) is 10.9. The van der Waals surface area contributed by atoms with E-state index >= 15 is 0 Å². The van der Waals surface area contributed by atoms with Crippen LogP contribution in [0.5, 0.6) is 5.75 Å². The number of benzene rings is 1. The number of carbonyl (C=O) groups is 1. The summed E-state index contributed by atoms with van der Waals surface area (Å²) in [5.74, 6) is 0.610. The zero-order chi connectivity index (χ0) is 13.2. The monoisotopic (exact) mass is 252 g/mol. The minimum atomic E-state index is -0.474. The number of rotatable bonds is 7. The first-order chi connectivity index (χ1) is 8.77. The molecule has 100 valence electrons. The zero-order valence-corrected chi connectivity index (χ0v) is 10.9. The molecule has 1 aromatic carbocycles. The van der Waals surface area contributed by atoms with Crippen LogP contribution in [0.15, 0.2) is 24.3 Å². The van der Waals surface area contributed by atoms with Crippen molar-refractivity contribution in [2.24, 2.45) is 0 Å². The number of ether oxygens (including phenoxy) is 2. The van der Waals surface area contributed by atoms with Crippen molar-refractivity contribution in [1.29, 1.82) is 0 Å². The Bertz CT molecular complexity index is 369. The highest BCUT2D eigenvalue weighted by Gasteiger charge is 2.06. The predicted octanol–water partition coefficient (Wildman–Crippen LogP) is 2.24. The van der Waals surface area contributed by atoms with Crippen molar-refractivity contribution in [2.45, 2.75) is 13.3 Å². The first-order valence-corrected chi connectivity index (χ1v) is 6.05. The normalized spacial score (nSPS) is 9.89. The molecule has 1 amide bonds. The molecule has 2 N–H and O–H groups in total. The molecule has 0 spiro atoms. The van der Waals surface area contributed by atoms with Gasteiger partial charge in [0.1, 0.15) is 12.4 Å². The van der Waals surface area contributed by atoms with Crippen LogP contribution in [0, 0.1) is 0 Å². The number of methoxy groups -OCH3 is 1. The number of hydrogen-bond donors (Lipinski definition) is 2. The smallest absolute Gasteiger partial charge is 0.411 e. The Kier molecular flexibility index (Phi) is 6.64. The Balaban J connectivity index is 2.31. The highest BCUT2D eigenvalue weighted by atomic mass is 16.5. The molecule has 0 aliphatic heterocycles. The summed E-state index contributed by atoms with van der Waals surface area (Å²) in [5, 5.41) is 5.79. The van der Waals surface area contributed by atoms with Gasteiger partial charge in [0.05, 0.1) is 12.8 Å². The van der Waals surface area contributed by atoms with Crippen LogP contribution in [0.3, 0.4) is 0 Å². The van der Waals surface area contributed by atoms with Gasteiger partial charge in [-0.05, 0) is 25.1 Å². The van der Waals surface area contributed by atoms with Crippen LogP contribution >= 0.6 is 0 Å². The van der Waals surface area contributed by atoms with Crippen LogP contribution in [0.4, 0.5) is 10.5 Å². The third-order valence-electron chi connectivity index (χ3n) is 2.28. The minimum absolute atomic E-state index is 0.348. The average molecular weight is 252 g/mol. The molecule has 0 heterocycles. The quantitative estimate of drug-likeness (QED) is 0.731. The van der Waals surface area contributed by atoms with E-state index < -0.39 is 6.09 Å². The highest BCUT2D eigenvalue weighted by molar-refractivity contribution is 5.86. The minimum Gasteiger partial charge on any atom is -0.495 e. The first-order valence-electron chi connectivity index (χ1n) is 6.05. The summed E-state index contributed by atoms with van der Waals surface area (Å²) < 4.78 is 10.1. The van der Waals surface area contributed by atoms with Crippen LogP contribution in [-0.4, -0.2) is 32.9 Å². The fourth-order valence-corrected chi connectivity index (χ4v) is 1.41. The maximum atomic E-state index is 11.5.